The Labute approximate surface area is 181 Å². The van der Waals surface area contributed by atoms with Crippen LogP contribution >= 0.6 is 0 Å². The van der Waals surface area contributed by atoms with Crippen molar-refractivity contribution in [3.05, 3.63) is 119 Å². The van der Waals surface area contributed by atoms with Crippen molar-refractivity contribution in [1.29, 1.82) is 5.26 Å². The number of ether oxygens (including phenoxy) is 1. The van der Waals surface area contributed by atoms with Crippen LogP contribution in [0.25, 0.3) is 32.9 Å². The van der Waals surface area contributed by atoms with Gasteiger partial charge in [0.1, 0.15) is 11.5 Å². The summed E-state index contributed by atoms with van der Waals surface area (Å²) in [5, 5.41) is 14.2. The lowest BCUT2D eigenvalue weighted by Crippen LogP contribution is -2.12. The van der Waals surface area contributed by atoms with Gasteiger partial charge in [0.2, 0.25) is 0 Å². The topological polar surface area (TPSA) is 33.0 Å². The molecule has 0 radical (unpaired) electrons. The fourth-order valence-corrected chi connectivity index (χ4v) is 4.82. The van der Waals surface area contributed by atoms with E-state index in [9.17, 15) is 5.26 Å². The second-order valence-electron chi connectivity index (χ2n) is 8.02. The molecule has 4 aromatic carbocycles. The van der Waals surface area contributed by atoms with Gasteiger partial charge in [-0.3, -0.25) is 0 Å². The first-order valence-corrected chi connectivity index (χ1v) is 10.5. The third kappa shape index (κ3) is 2.86. The van der Waals surface area contributed by atoms with E-state index in [2.05, 4.69) is 78.9 Å². The van der Waals surface area contributed by atoms with Crippen LogP contribution in [0.2, 0.25) is 0 Å². The molecule has 31 heavy (non-hydrogen) atoms. The Kier molecular flexibility index (Phi) is 4.01. The second-order valence-corrected chi connectivity index (χ2v) is 8.02. The fraction of sp³-hybridized carbons (Fsp3) is 0.0690. The second kappa shape index (κ2) is 7.00. The van der Waals surface area contributed by atoms with Gasteiger partial charge in [0, 0.05) is 11.1 Å². The zero-order valence-corrected chi connectivity index (χ0v) is 16.9. The van der Waals surface area contributed by atoms with Gasteiger partial charge in [0.15, 0.2) is 0 Å². The van der Waals surface area contributed by atoms with E-state index in [1.165, 1.54) is 38.8 Å². The van der Waals surface area contributed by atoms with E-state index in [1.807, 2.05) is 12.1 Å². The number of aryl methyl sites for hydroxylation is 1. The van der Waals surface area contributed by atoms with Crippen LogP contribution in [-0.4, -0.2) is 0 Å². The van der Waals surface area contributed by atoms with E-state index in [1.54, 1.807) is 0 Å². The highest BCUT2D eigenvalue weighted by Crippen LogP contribution is 2.44. The molecule has 6 rings (SSSR count). The van der Waals surface area contributed by atoms with E-state index < -0.39 is 0 Å². The van der Waals surface area contributed by atoms with Crippen LogP contribution in [0, 0.1) is 11.3 Å². The first-order chi connectivity index (χ1) is 15.3. The number of benzene rings is 4. The predicted molar refractivity (Wildman–Crippen MR) is 126 cm³/mol. The lowest BCUT2D eigenvalue weighted by Gasteiger charge is -2.29. The molecule has 1 aliphatic carbocycles. The van der Waals surface area contributed by atoms with E-state index in [0.717, 1.165) is 35.3 Å². The molecule has 0 bridgehead atoms. The first-order valence-electron chi connectivity index (χ1n) is 10.5. The summed E-state index contributed by atoms with van der Waals surface area (Å²) >= 11 is 0. The van der Waals surface area contributed by atoms with Crippen LogP contribution in [-0.2, 0) is 11.2 Å². The van der Waals surface area contributed by atoms with Crippen LogP contribution in [0.3, 0.4) is 0 Å². The Morgan fingerprint density at radius 3 is 2.55 bits per heavy atom. The molecule has 0 spiro atoms. The number of nitriles is 1. The van der Waals surface area contributed by atoms with Gasteiger partial charge in [0.05, 0.1) is 12.1 Å². The Bertz CT molecular complexity index is 1510. The van der Waals surface area contributed by atoms with Crippen molar-refractivity contribution in [1.82, 2.24) is 0 Å². The predicted octanol–water partition coefficient (Wildman–Crippen LogP) is 7.17. The summed E-state index contributed by atoms with van der Waals surface area (Å²) in [6, 6.07) is 30.1. The maximum atomic E-state index is 9.26. The highest BCUT2D eigenvalue weighted by Gasteiger charge is 2.27. The van der Waals surface area contributed by atoms with E-state index >= 15 is 0 Å². The molecule has 0 aromatic heterocycles. The maximum absolute atomic E-state index is 9.26. The molecule has 1 heterocycles. The lowest BCUT2D eigenvalue weighted by atomic mass is 9.82. The standard InChI is InChI=1S/C29H19NO/c30-16-15-23-18-28(27-14-11-20-6-2-4-8-26(20)29(27)31-23)22-12-13-25-21(17-22)10-9-19-5-1-3-7-24(19)25/h1-10,12-13,15,17-18H,11,14H2/b23-15-. The quantitative estimate of drug-likeness (QED) is 0.252. The minimum absolute atomic E-state index is 0.589. The van der Waals surface area contributed by atoms with Gasteiger partial charge in [0.25, 0.3) is 0 Å². The largest absolute Gasteiger partial charge is 0.456 e. The monoisotopic (exact) mass is 397 g/mol. The van der Waals surface area contributed by atoms with Gasteiger partial charge >= 0.3 is 0 Å². The highest BCUT2D eigenvalue weighted by atomic mass is 16.5. The first kappa shape index (κ1) is 17.7. The van der Waals surface area contributed by atoms with Gasteiger partial charge in [-0.1, -0.05) is 72.8 Å². The third-order valence-electron chi connectivity index (χ3n) is 6.27. The summed E-state index contributed by atoms with van der Waals surface area (Å²) in [4.78, 5) is 0. The van der Waals surface area contributed by atoms with Crippen molar-refractivity contribution < 1.29 is 4.74 Å². The molecular weight excluding hydrogens is 378 g/mol. The molecular formula is C29H19NO. The third-order valence-corrected chi connectivity index (χ3v) is 6.27. The average molecular weight is 397 g/mol. The van der Waals surface area contributed by atoms with Crippen molar-refractivity contribution in [2.75, 3.05) is 0 Å². The number of hydrogen-bond acceptors (Lipinski definition) is 2. The molecule has 0 amide bonds. The molecule has 0 atom stereocenters. The summed E-state index contributed by atoms with van der Waals surface area (Å²) in [6.07, 6.45) is 5.41. The zero-order chi connectivity index (χ0) is 20.8. The number of rotatable bonds is 1. The minimum atomic E-state index is 0.589. The molecule has 4 aromatic rings. The molecule has 2 nitrogen and oxygen atoms in total. The van der Waals surface area contributed by atoms with Crippen LogP contribution in [0.4, 0.5) is 0 Å². The molecule has 0 fully saturated rings. The number of allylic oxidation sites excluding steroid dienone is 4. The molecule has 0 N–H and O–H groups in total. The van der Waals surface area contributed by atoms with Crippen molar-refractivity contribution >= 4 is 32.9 Å². The SMILES string of the molecule is N#C/C=C1/C=C(c2ccc3c(ccc4ccccc43)c2)C2=C(O1)c1ccccc1CC2. The highest BCUT2D eigenvalue weighted by molar-refractivity contribution is 6.08. The van der Waals surface area contributed by atoms with Gasteiger partial charge in [-0.05, 0) is 63.2 Å². The van der Waals surface area contributed by atoms with Crippen LogP contribution in [0.15, 0.2) is 102 Å². The molecule has 0 unspecified atom stereocenters. The summed E-state index contributed by atoms with van der Waals surface area (Å²) in [5.74, 6) is 1.48. The Morgan fingerprint density at radius 2 is 1.61 bits per heavy atom. The number of fused-ring (bicyclic) bond motifs is 5. The van der Waals surface area contributed by atoms with E-state index in [4.69, 9.17) is 4.74 Å². The van der Waals surface area contributed by atoms with Gasteiger partial charge in [-0.15, -0.1) is 0 Å². The molecule has 146 valence electrons. The van der Waals surface area contributed by atoms with Crippen molar-refractivity contribution in [2.24, 2.45) is 0 Å². The molecule has 1 aliphatic heterocycles. The number of nitrogens with zero attached hydrogens (tertiary/aromatic N) is 1. The van der Waals surface area contributed by atoms with Crippen molar-refractivity contribution in [2.45, 2.75) is 12.8 Å². The smallest absolute Gasteiger partial charge is 0.138 e. The maximum Gasteiger partial charge on any atom is 0.138 e. The Morgan fingerprint density at radius 1 is 0.806 bits per heavy atom. The van der Waals surface area contributed by atoms with Crippen LogP contribution < -0.4 is 0 Å². The van der Waals surface area contributed by atoms with Crippen LogP contribution in [0.5, 0.6) is 0 Å². The van der Waals surface area contributed by atoms with Crippen molar-refractivity contribution in [3.63, 3.8) is 0 Å². The lowest BCUT2D eigenvalue weighted by molar-refractivity contribution is 0.391. The molecule has 0 saturated heterocycles. The average Bonchev–Trinajstić information content (AvgIpc) is 2.83. The molecule has 2 aliphatic rings. The van der Waals surface area contributed by atoms with Gasteiger partial charge < -0.3 is 4.74 Å². The zero-order valence-electron chi connectivity index (χ0n) is 16.9. The number of hydrogen-bond donors (Lipinski definition) is 0. The summed E-state index contributed by atoms with van der Waals surface area (Å²) < 4.78 is 6.20. The normalized spacial score (nSPS) is 16.5. The summed E-state index contributed by atoms with van der Waals surface area (Å²) in [7, 11) is 0. The van der Waals surface area contributed by atoms with Gasteiger partial charge in [-0.2, -0.15) is 5.26 Å². The van der Waals surface area contributed by atoms with Crippen LogP contribution in [0.1, 0.15) is 23.1 Å². The van der Waals surface area contributed by atoms with Crippen molar-refractivity contribution in [3.8, 4) is 6.07 Å². The fourth-order valence-electron chi connectivity index (χ4n) is 4.82. The van der Waals surface area contributed by atoms with Gasteiger partial charge in [-0.25, -0.2) is 0 Å². The summed E-state index contributed by atoms with van der Waals surface area (Å²) in [5.41, 5.74) is 5.94. The minimum Gasteiger partial charge on any atom is -0.456 e. The van der Waals surface area contributed by atoms with E-state index in [-0.39, 0.29) is 0 Å². The Hall–Kier alpha value is -4.09. The Balaban J connectivity index is 1.56. The molecule has 2 heteroatoms. The van der Waals surface area contributed by atoms with E-state index in [0.29, 0.717) is 5.76 Å². The summed E-state index contributed by atoms with van der Waals surface area (Å²) in [6.45, 7) is 0. The molecule has 0 saturated carbocycles.